The standard InChI is InChI=1S/C6H6N4O2/c11-5-4(9-6(12)10-5)3-1-7-8-2-3/h1-2,11H,(H,7,8)(H2,9,10,12). The van der Waals surface area contributed by atoms with Gasteiger partial charge < -0.3 is 10.1 Å². The van der Waals surface area contributed by atoms with Gasteiger partial charge in [-0.1, -0.05) is 0 Å². The molecule has 0 saturated carbocycles. The summed E-state index contributed by atoms with van der Waals surface area (Å²) in [5.41, 5.74) is 0.531. The van der Waals surface area contributed by atoms with Crippen molar-refractivity contribution in [3.63, 3.8) is 0 Å². The van der Waals surface area contributed by atoms with Gasteiger partial charge in [-0.15, -0.1) is 0 Å². The zero-order valence-electron chi connectivity index (χ0n) is 5.96. The summed E-state index contributed by atoms with van der Waals surface area (Å²) < 4.78 is 0. The van der Waals surface area contributed by atoms with Gasteiger partial charge in [0.15, 0.2) is 0 Å². The van der Waals surface area contributed by atoms with Crippen LogP contribution in [0.15, 0.2) is 17.2 Å². The Morgan fingerprint density at radius 3 is 2.75 bits per heavy atom. The van der Waals surface area contributed by atoms with Crippen LogP contribution in [0.2, 0.25) is 0 Å². The average molecular weight is 166 g/mol. The number of aromatic amines is 3. The Kier molecular flexibility index (Phi) is 1.26. The second-order valence-electron chi connectivity index (χ2n) is 2.29. The summed E-state index contributed by atoms with van der Waals surface area (Å²) in [6, 6.07) is 0. The van der Waals surface area contributed by atoms with E-state index in [1.165, 1.54) is 6.20 Å². The summed E-state index contributed by atoms with van der Waals surface area (Å²) in [6.07, 6.45) is 3.07. The lowest BCUT2D eigenvalue weighted by Crippen LogP contribution is -1.99. The molecule has 2 aromatic heterocycles. The minimum atomic E-state index is -0.441. The molecule has 62 valence electrons. The van der Waals surface area contributed by atoms with Crippen LogP contribution in [0.4, 0.5) is 0 Å². The first kappa shape index (κ1) is 6.71. The van der Waals surface area contributed by atoms with Crippen molar-refractivity contribution in [1.82, 2.24) is 20.2 Å². The largest absolute Gasteiger partial charge is 0.493 e. The van der Waals surface area contributed by atoms with E-state index in [1.807, 2.05) is 0 Å². The quantitative estimate of drug-likeness (QED) is 0.472. The molecule has 0 saturated heterocycles. The number of nitrogens with zero attached hydrogens (tertiary/aromatic N) is 1. The van der Waals surface area contributed by atoms with Gasteiger partial charge in [0.25, 0.3) is 0 Å². The summed E-state index contributed by atoms with van der Waals surface area (Å²) in [6.45, 7) is 0. The van der Waals surface area contributed by atoms with E-state index in [-0.39, 0.29) is 5.88 Å². The van der Waals surface area contributed by atoms with Crippen LogP contribution in [0.1, 0.15) is 0 Å². The molecule has 2 heterocycles. The molecule has 0 aliphatic heterocycles. The van der Waals surface area contributed by atoms with E-state index < -0.39 is 5.69 Å². The Bertz CT molecular complexity index is 425. The molecule has 0 fully saturated rings. The molecular weight excluding hydrogens is 160 g/mol. The Balaban J connectivity index is 2.61. The van der Waals surface area contributed by atoms with Gasteiger partial charge in [0.2, 0.25) is 5.88 Å². The normalized spacial score (nSPS) is 10.3. The molecule has 0 radical (unpaired) electrons. The molecule has 0 aromatic carbocycles. The second kappa shape index (κ2) is 2.26. The van der Waals surface area contributed by atoms with Gasteiger partial charge in [0.1, 0.15) is 5.69 Å². The molecule has 0 atom stereocenters. The van der Waals surface area contributed by atoms with Crippen molar-refractivity contribution in [1.29, 1.82) is 0 Å². The van der Waals surface area contributed by atoms with Crippen molar-refractivity contribution >= 4 is 0 Å². The number of H-pyrrole nitrogens is 3. The van der Waals surface area contributed by atoms with Gasteiger partial charge >= 0.3 is 5.69 Å². The first-order valence-corrected chi connectivity index (χ1v) is 3.28. The van der Waals surface area contributed by atoms with E-state index in [1.54, 1.807) is 6.20 Å². The number of rotatable bonds is 1. The van der Waals surface area contributed by atoms with Gasteiger partial charge in [0, 0.05) is 11.8 Å². The number of hydrogen-bond donors (Lipinski definition) is 4. The summed E-state index contributed by atoms with van der Waals surface area (Å²) in [4.78, 5) is 15.3. The molecule has 0 amide bonds. The Hall–Kier alpha value is -1.98. The molecule has 0 bridgehead atoms. The summed E-state index contributed by atoms with van der Waals surface area (Å²) in [5.74, 6) is -0.179. The summed E-state index contributed by atoms with van der Waals surface area (Å²) >= 11 is 0. The highest BCUT2D eigenvalue weighted by molar-refractivity contribution is 5.61. The summed E-state index contributed by atoms with van der Waals surface area (Å²) in [7, 11) is 0. The SMILES string of the molecule is O=c1[nH]c(O)c(-c2cn[nH]c2)[nH]1. The molecule has 6 nitrogen and oxygen atoms in total. The van der Waals surface area contributed by atoms with Crippen molar-refractivity contribution < 1.29 is 5.11 Å². The molecule has 0 spiro atoms. The van der Waals surface area contributed by atoms with Gasteiger partial charge in [0.05, 0.1) is 6.20 Å². The van der Waals surface area contributed by atoms with E-state index in [2.05, 4.69) is 20.2 Å². The maximum absolute atomic E-state index is 10.7. The van der Waals surface area contributed by atoms with Crippen molar-refractivity contribution in [2.24, 2.45) is 0 Å². The fourth-order valence-electron chi connectivity index (χ4n) is 0.971. The first-order valence-electron chi connectivity index (χ1n) is 3.28. The molecule has 12 heavy (non-hydrogen) atoms. The van der Waals surface area contributed by atoms with Crippen LogP contribution in [0.25, 0.3) is 11.3 Å². The molecule has 0 aliphatic carbocycles. The Labute approximate surface area is 66.3 Å². The van der Waals surface area contributed by atoms with E-state index in [9.17, 15) is 9.90 Å². The predicted molar refractivity (Wildman–Crippen MR) is 40.7 cm³/mol. The molecule has 2 aromatic rings. The second-order valence-corrected chi connectivity index (χ2v) is 2.29. The van der Waals surface area contributed by atoms with Gasteiger partial charge in [-0.05, 0) is 0 Å². The van der Waals surface area contributed by atoms with E-state index >= 15 is 0 Å². The number of aromatic hydroxyl groups is 1. The molecule has 4 N–H and O–H groups in total. The average Bonchev–Trinajstić information content (AvgIpc) is 2.58. The van der Waals surface area contributed by atoms with Crippen molar-refractivity contribution in [3.05, 3.63) is 22.9 Å². The monoisotopic (exact) mass is 166 g/mol. The van der Waals surface area contributed by atoms with E-state index in [0.29, 0.717) is 11.3 Å². The Morgan fingerprint density at radius 1 is 1.42 bits per heavy atom. The van der Waals surface area contributed by atoms with Gasteiger partial charge in [-0.3, -0.25) is 10.1 Å². The zero-order valence-corrected chi connectivity index (χ0v) is 5.96. The van der Waals surface area contributed by atoms with Crippen molar-refractivity contribution in [2.75, 3.05) is 0 Å². The number of hydrogen-bond acceptors (Lipinski definition) is 3. The lowest BCUT2D eigenvalue weighted by Gasteiger charge is -1.89. The molecular formula is C6H6N4O2. The van der Waals surface area contributed by atoms with E-state index in [4.69, 9.17) is 0 Å². The first-order chi connectivity index (χ1) is 5.77. The minimum absolute atomic E-state index is 0.179. The van der Waals surface area contributed by atoms with Crippen LogP contribution >= 0.6 is 0 Å². The fourth-order valence-corrected chi connectivity index (χ4v) is 0.971. The highest BCUT2D eigenvalue weighted by Crippen LogP contribution is 2.21. The van der Waals surface area contributed by atoms with Gasteiger partial charge in [-0.2, -0.15) is 5.10 Å². The zero-order chi connectivity index (χ0) is 8.55. The van der Waals surface area contributed by atoms with Crippen molar-refractivity contribution in [2.45, 2.75) is 0 Å². The van der Waals surface area contributed by atoms with Crippen LogP contribution in [0.3, 0.4) is 0 Å². The number of nitrogens with one attached hydrogen (secondary N) is 3. The third kappa shape index (κ3) is 0.895. The smallest absolute Gasteiger partial charge is 0.326 e. The van der Waals surface area contributed by atoms with Crippen LogP contribution in [0, 0.1) is 0 Å². The van der Waals surface area contributed by atoms with E-state index in [0.717, 1.165) is 0 Å². The highest BCUT2D eigenvalue weighted by Gasteiger charge is 2.07. The number of aromatic nitrogens is 4. The highest BCUT2D eigenvalue weighted by atomic mass is 16.3. The minimum Gasteiger partial charge on any atom is -0.493 e. The van der Waals surface area contributed by atoms with Crippen LogP contribution in [-0.4, -0.2) is 25.3 Å². The number of imidazole rings is 1. The van der Waals surface area contributed by atoms with Crippen LogP contribution in [0.5, 0.6) is 5.88 Å². The maximum atomic E-state index is 10.7. The van der Waals surface area contributed by atoms with Crippen LogP contribution < -0.4 is 5.69 Å². The third-order valence-electron chi connectivity index (χ3n) is 1.49. The fraction of sp³-hybridized carbons (Fsp3) is 0. The lowest BCUT2D eigenvalue weighted by atomic mass is 10.3. The van der Waals surface area contributed by atoms with Gasteiger partial charge in [-0.25, -0.2) is 4.79 Å². The molecule has 0 aliphatic rings. The van der Waals surface area contributed by atoms with Crippen LogP contribution in [-0.2, 0) is 0 Å². The maximum Gasteiger partial charge on any atom is 0.326 e. The molecule has 0 unspecified atom stereocenters. The topological polar surface area (TPSA) is 97.6 Å². The third-order valence-corrected chi connectivity index (χ3v) is 1.49. The predicted octanol–water partition coefficient (Wildman–Crippen LogP) is -0.201. The summed E-state index contributed by atoms with van der Waals surface area (Å²) in [5, 5.41) is 15.4. The lowest BCUT2D eigenvalue weighted by molar-refractivity contribution is 0.457. The molecule has 2 rings (SSSR count). The Morgan fingerprint density at radius 2 is 2.25 bits per heavy atom. The van der Waals surface area contributed by atoms with Crippen molar-refractivity contribution in [3.8, 4) is 17.1 Å². The molecule has 6 heteroatoms.